The number of hydrogen-bond donors (Lipinski definition) is 2. The van der Waals surface area contributed by atoms with Crippen molar-refractivity contribution in [3.63, 3.8) is 0 Å². The molecule has 132 valence electrons. The molecule has 0 aromatic rings. The fourth-order valence-corrected chi connectivity index (χ4v) is 4.97. The van der Waals surface area contributed by atoms with Crippen LogP contribution in [0.1, 0.15) is 46.5 Å². The Balaban J connectivity index is 2.44. The number of carbonyl (C=O) groups is 1. The van der Waals surface area contributed by atoms with Gasteiger partial charge in [0.05, 0.1) is 6.04 Å². The number of urea groups is 1. The highest BCUT2D eigenvalue weighted by atomic mass is 28.3. The largest absolute Gasteiger partial charge is 0.338 e. The van der Waals surface area contributed by atoms with Gasteiger partial charge in [-0.2, -0.15) is 0 Å². The lowest BCUT2D eigenvalue weighted by Gasteiger charge is -2.45. The molecule has 0 aromatic heterocycles. The van der Waals surface area contributed by atoms with Crippen molar-refractivity contribution in [3.05, 3.63) is 0 Å². The molecule has 2 amide bonds. The normalized spacial score (nSPS) is 26.4. The van der Waals surface area contributed by atoms with Crippen molar-refractivity contribution in [2.45, 2.75) is 71.6 Å². The van der Waals surface area contributed by atoms with Gasteiger partial charge in [-0.05, 0) is 36.5 Å². The molecule has 2 N–H and O–H groups in total. The maximum Gasteiger partial charge on any atom is 0.314 e. The van der Waals surface area contributed by atoms with Gasteiger partial charge in [0, 0.05) is 21.9 Å². The number of hydrogen-bond acceptors (Lipinski definition) is 3. The molecule has 0 aromatic carbocycles. The predicted octanol–water partition coefficient (Wildman–Crippen LogP) is 3.08. The Kier molecular flexibility index (Phi) is 7.48. The molecule has 2 unspecified atom stereocenters. The maximum atomic E-state index is 11.9. The van der Waals surface area contributed by atoms with Crippen molar-refractivity contribution >= 4 is 20.9 Å². The van der Waals surface area contributed by atoms with Crippen molar-refractivity contribution < 1.29 is 9.59 Å². The fraction of sp³-hybridized carbons (Fsp3) is 0.882. The Bertz CT molecular complexity index is 447. The third kappa shape index (κ3) is 7.80. The van der Waals surface area contributed by atoms with Crippen LogP contribution in [0.25, 0.3) is 0 Å². The lowest BCUT2D eigenvalue weighted by molar-refractivity contribution is 0.0850. The van der Waals surface area contributed by atoms with E-state index in [1.54, 1.807) is 6.08 Å². The minimum absolute atomic E-state index is 0.0158. The Morgan fingerprint density at radius 3 is 2.57 bits per heavy atom. The molecule has 0 bridgehead atoms. The standard InChI is InChI=1S/C17H33N3O2Si/c1-16(2)9-14(20-13-21)10-17(3,11-16)12-19-15(22)18-7-6-8-23(4)5/h14,23H,6-12H2,1-5H3,(H2,18,19,22). The molecule has 1 fully saturated rings. The van der Waals surface area contributed by atoms with E-state index < -0.39 is 8.80 Å². The first-order valence-corrected chi connectivity index (χ1v) is 11.9. The molecule has 1 aliphatic rings. The first-order chi connectivity index (χ1) is 10.7. The summed E-state index contributed by atoms with van der Waals surface area (Å²) < 4.78 is 0. The van der Waals surface area contributed by atoms with E-state index in [9.17, 15) is 9.59 Å². The SMILES string of the molecule is C[SiH](C)CCCNC(=O)NCC1(C)CC(N=C=O)CC(C)(C)C1. The van der Waals surface area contributed by atoms with Crippen LogP contribution in [-0.2, 0) is 4.79 Å². The summed E-state index contributed by atoms with van der Waals surface area (Å²) in [6.07, 6.45) is 5.52. The van der Waals surface area contributed by atoms with Gasteiger partial charge in [-0.15, -0.1) is 0 Å². The molecule has 0 heterocycles. The van der Waals surface area contributed by atoms with Crippen molar-refractivity contribution in [1.82, 2.24) is 10.6 Å². The minimum Gasteiger partial charge on any atom is -0.338 e. The second-order valence-corrected chi connectivity index (χ2v) is 11.9. The highest BCUT2D eigenvalue weighted by molar-refractivity contribution is 6.55. The van der Waals surface area contributed by atoms with E-state index in [1.807, 2.05) is 0 Å². The van der Waals surface area contributed by atoms with E-state index in [0.29, 0.717) is 6.54 Å². The van der Waals surface area contributed by atoms with E-state index in [-0.39, 0.29) is 22.9 Å². The van der Waals surface area contributed by atoms with Gasteiger partial charge in [-0.25, -0.2) is 14.6 Å². The van der Waals surface area contributed by atoms with Crippen LogP contribution in [-0.4, -0.2) is 40.0 Å². The predicted molar refractivity (Wildman–Crippen MR) is 97.4 cm³/mol. The zero-order valence-electron chi connectivity index (χ0n) is 15.4. The third-order valence-corrected chi connectivity index (χ3v) is 6.14. The number of nitrogens with one attached hydrogen (secondary N) is 2. The number of rotatable bonds is 7. The van der Waals surface area contributed by atoms with E-state index in [1.165, 1.54) is 6.04 Å². The molecule has 5 nitrogen and oxygen atoms in total. The first-order valence-electron chi connectivity index (χ1n) is 8.74. The van der Waals surface area contributed by atoms with Crippen molar-refractivity contribution in [1.29, 1.82) is 0 Å². The number of nitrogens with zero attached hydrogens (tertiary/aromatic N) is 1. The fourth-order valence-electron chi connectivity index (χ4n) is 3.95. The van der Waals surface area contributed by atoms with Crippen LogP contribution in [0.3, 0.4) is 0 Å². The Labute approximate surface area is 142 Å². The smallest absolute Gasteiger partial charge is 0.314 e. The van der Waals surface area contributed by atoms with E-state index in [0.717, 1.165) is 32.2 Å². The van der Waals surface area contributed by atoms with Crippen LogP contribution in [0.5, 0.6) is 0 Å². The number of amides is 2. The molecule has 2 atom stereocenters. The summed E-state index contributed by atoms with van der Waals surface area (Å²) in [5, 5.41) is 5.94. The molecule has 0 spiro atoms. The summed E-state index contributed by atoms with van der Waals surface area (Å²) in [6, 6.07) is 1.19. The number of carbonyl (C=O) groups excluding carboxylic acids is 2. The van der Waals surface area contributed by atoms with Crippen molar-refractivity contribution in [2.75, 3.05) is 13.1 Å². The summed E-state index contributed by atoms with van der Waals surface area (Å²) in [4.78, 5) is 26.5. The highest BCUT2D eigenvalue weighted by Gasteiger charge is 2.41. The molecular formula is C17H33N3O2Si. The monoisotopic (exact) mass is 339 g/mol. The second-order valence-electron chi connectivity index (χ2n) is 8.58. The average Bonchev–Trinajstić information content (AvgIpc) is 2.39. The van der Waals surface area contributed by atoms with Crippen molar-refractivity contribution in [2.24, 2.45) is 15.8 Å². The average molecular weight is 340 g/mol. The lowest BCUT2D eigenvalue weighted by Crippen LogP contribution is -2.47. The molecule has 0 saturated heterocycles. The Morgan fingerprint density at radius 2 is 1.96 bits per heavy atom. The third-order valence-electron chi connectivity index (χ3n) is 4.58. The summed E-state index contributed by atoms with van der Waals surface area (Å²) in [7, 11) is -0.527. The van der Waals surface area contributed by atoms with Crippen molar-refractivity contribution in [3.8, 4) is 0 Å². The molecule has 0 aliphatic heterocycles. The molecule has 1 saturated carbocycles. The van der Waals surface area contributed by atoms with Gasteiger partial charge >= 0.3 is 6.03 Å². The van der Waals surface area contributed by atoms with Gasteiger partial charge in [0.15, 0.2) is 0 Å². The molecular weight excluding hydrogens is 306 g/mol. The quantitative estimate of drug-likeness (QED) is 0.324. The van der Waals surface area contributed by atoms with Gasteiger partial charge < -0.3 is 10.6 Å². The molecule has 1 aliphatic carbocycles. The first kappa shape index (κ1) is 19.9. The molecule has 6 heteroatoms. The van der Waals surface area contributed by atoms with Crippen LogP contribution < -0.4 is 10.6 Å². The number of isocyanates is 1. The summed E-state index contributed by atoms with van der Waals surface area (Å²) in [5.74, 6) is 0. The Morgan fingerprint density at radius 1 is 1.26 bits per heavy atom. The molecule has 1 rings (SSSR count). The van der Waals surface area contributed by atoms with Crippen LogP contribution in [0.2, 0.25) is 19.1 Å². The van der Waals surface area contributed by atoms with Crippen LogP contribution in [0, 0.1) is 10.8 Å². The Hall–Kier alpha value is -1.13. The van der Waals surface area contributed by atoms with Gasteiger partial charge in [-0.3, -0.25) is 0 Å². The molecule has 23 heavy (non-hydrogen) atoms. The summed E-state index contributed by atoms with van der Waals surface area (Å²) in [5.41, 5.74) is 0.0903. The van der Waals surface area contributed by atoms with Crippen LogP contribution in [0.4, 0.5) is 4.79 Å². The zero-order valence-corrected chi connectivity index (χ0v) is 16.5. The van der Waals surface area contributed by atoms with E-state index >= 15 is 0 Å². The summed E-state index contributed by atoms with van der Waals surface area (Å²) >= 11 is 0. The number of aliphatic imine (C=N–C) groups is 1. The van der Waals surface area contributed by atoms with Crippen LogP contribution in [0.15, 0.2) is 4.99 Å². The van der Waals surface area contributed by atoms with E-state index in [4.69, 9.17) is 0 Å². The van der Waals surface area contributed by atoms with Gasteiger partial charge in [0.25, 0.3) is 0 Å². The van der Waals surface area contributed by atoms with Gasteiger partial charge in [0.2, 0.25) is 6.08 Å². The van der Waals surface area contributed by atoms with Gasteiger partial charge in [0.1, 0.15) is 0 Å². The van der Waals surface area contributed by atoms with E-state index in [2.05, 4.69) is 49.5 Å². The lowest BCUT2D eigenvalue weighted by atomic mass is 9.63. The molecule has 0 radical (unpaired) electrons. The van der Waals surface area contributed by atoms with Crippen LogP contribution >= 0.6 is 0 Å². The summed E-state index contributed by atoms with van der Waals surface area (Å²) in [6.45, 7) is 12.6. The van der Waals surface area contributed by atoms with Gasteiger partial charge in [-0.1, -0.05) is 39.9 Å². The zero-order chi connectivity index (χ0) is 17.5. The maximum absolute atomic E-state index is 11.9. The second kappa shape index (κ2) is 8.64. The topological polar surface area (TPSA) is 70.6 Å². The minimum atomic E-state index is -0.527. The highest BCUT2D eigenvalue weighted by Crippen LogP contribution is 2.46.